The molecule has 0 spiro atoms. The highest BCUT2D eigenvalue weighted by atomic mass is 16.6. The average molecular weight is 410 g/mol. The number of benzene rings is 1. The van der Waals surface area contributed by atoms with Crippen LogP contribution in [-0.2, 0) is 30.6 Å². The van der Waals surface area contributed by atoms with Gasteiger partial charge in [-0.2, -0.15) is 0 Å². The molecule has 0 N–H and O–H groups in total. The summed E-state index contributed by atoms with van der Waals surface area (Å²) in [4.78, 5) is 18.6. The summed E-state index contributed by atoms with van der Waals surface area (Å²) in [5, 5.41) is 0.824. The summed E-state index contributed by atoms with van der Waals surface area (Å²) < 4.78 is 42.7. The van der Waals surface area contributed by atoms with Crippen LogP contribution in [0, 0.1) is 13.8 Å². The van der Waals surface area contributed by atoms with Crippen LogP contribution < -0.4 is 0 Å². The minimum absolute atomic E-state index is 0.178. The zero-order chi connectivity index (χ0) is 25.1. The second-order valence-electron chi connectivity index (χ2n) is 8.86. The number of pyridine rings is 1. The van der Waals surface area contributed by atoms with Crippen LogP contribution in [0.3, 0.4) is 0 Å². The van der Waals surface area contributed by atoms with Gasteiger partial charge >= 0.3 is 6.09 Å². The highest BCUT2D eigenvalue weighted by molar-refractivity contribution is 5.87. The molecule has 3 heterocycles. The molecular weight excluding hydrogens is 374 g/mol. The van der Waals surface area contributed by atoms with Crippen LogP contribution in [0.5, 0.6) is 0 Å². The van der Waals surface area contributed by atoms with E-state index >= 15 is 0 Å². The summed E-state index contributed by atoms with van der Waals surface area (Å²) in [5.41, 5.74) is 3.45. The zero-order valence-electron chi connectivity index (χ0n) is 22.2. The third-order valence-corrected chi connectivity index (χ3v) is 5.18. The maximum absolute atomic E-state index is 12.8. The predicted molar refractivity (Wildman–Crippen MR) is 120 cm³/mol. The number of aromatic nitrogens is 2. The van der Waals surface area contributed by atoms with Crippen molar-refractivity contribution < 1.29 is 15.0 Å². The Morgan fingerprint density at radius 3 is 2.73 bits per heavy atom. The van der Waals surface area contributed by atoms with Crippen LogP contribution in [0.25, 0.3) is 10.9 Å². The van der Waals surface area contributed by atoms with E-state index in [9.17, 15) is 4.79 Å². The molecule has 0 atom stereocenters. The number of amides is 1. The lowest BCUT2D eigenvalue weighted by atomic mass is 10.0. The summed E-state index contributed by atoms with van der Waals surface area (Å²) in [6, 6.07) is 8.99. The van der Waals surface area contributed by atoms with E-state index in [0.29, 0.717) is 24.2 Å². The number of hydrogen-bond donors (Lipinski definition) is 0. The molecule has 0 unspecified atom stereocenters. The second kappa shape index (κ2) is 7.78. The monoisotopic (exact) mass is 409 g/mol. The van der Waals surface area contributed by atoms with E-state index in [1.807, 2.05) is 52.8 Å². The molecule has 0 bridgehead atoms. The molecule has 5 heteroatoms. The van der Waals surface area contributed by atoms with Crippen molar-refractivity contribution in [1.29, 1.82) is 0 Å². The SMILES string of the molecule is [2H]C([2H])(c1ccc(C)nc1)C([2H])([2H])n1c2c(c3cc(C)ccc31)CN(C(=O)OC(C)(C)C)CC2. The Labute approximate surface area is 184 Å². The van der Waals surface area contributed by atoms with Gasteiger partial charge in [-0.05, 0) is 64.8 Å². The van der Waals surface area contributed by atoms with Crippen molar-refractivity contribution in [2.24, 2.45) is 0 Å². The summed E-state index contributed by atoms with van der Waals surface area (Å²) in [5.74, 6) is 0. The lowest BCUT2D eigenvalue weighted by Crippen LogP contribution is -2.40. The van der Waals surface area contributed by atoms with Crippen molar-refractivity contribution in [2.45, 2.75) is 66.1 Å². The first-order valence-corrected chi connectivity index (χ1v) is 10.3. The number of aryl methyl sites for hydroxylation is 4. The third-order valence-electron chi connectivity index (χ3n) is 5.18. The number of fused-ring (bicyclic) bond motifs is 3. The lowest BCUT2D eigenvalue weighted by Gasteiger charge is -2.30. The van der Waals surface area contributed by atoms with Gasteiger partial charge in [0, 0.05) is 56.3 Å². The van der Waals surface area contributed by atoms with Crippen LogP contribution in [0.1, 0.15) is 54.3 Å². The van der Waals surface area contributed by atoms with Gasteiger partial charge in [0.05, 0.1) is 9.29 Å². The molecule has 1 aliphatic rings. The highest BCUT2D eigenvalue weighted by Gasteiger charge is 2.29. The first kappa shape index (κ1) is 15.9. The Morgan fingerprint density at radius 1 is 1.23 bits per heavy atom. The number of carbonyl (C=O) groups is 1. The van der Waals surface area contributed by atoms with Gasteiger partial charge in [0.25, 0.3) is 0 Å². The molecule has 5 nitrogen and oxygen atoms in total. The zero-order valence-corrected chi connectivity index (χ0v) is 18.2. The van der Waals surface area contributed by atoms with Crippen LogP contribution in [0.2, 0.25) is 0 Å². The standard InChI is InChI=1S/C25H31N3O2/c1-17-6-9-22-20(14-17)21-16-27(24(29)30-25(3,4)5)12-11-23(21)28(22)13-10-19-8-7-18(2)26-15-19/h6-9,14-15H,10-13,16H2,1-5H3/i10D2,13D2. The topological polar surface area (TPSA) is 47.4 Å². The van der Waals surface area contributed by atoms with Gasteiger partial charge in [0.1, 0.15) is 5.60 Å². The summed E-state index contributed by atoms with van der Waals surface area (Å²) in [6.45, 7) is 7.49. The van der Waals surface area contributed by atoms with Crippen molar-refractivity contribution >= 4 is 17.0 Å². The smallest absolute Gasteiger partial charge is 0.410 e. The van der Waals surface area contributed by atoms with Gasteiger partial charge in [0.15, 0.2) is 0 Å². The highest BCUT2D eigenvalue weighted by Crippen LogP contribution is 2.32. The molecule has 0 radical (unpaired) electrons. The largest absolute Gasteiger partial charge is 0.444 e. The molecule has 2 aromatic heterocycles. The molecule has 1 aromatic carbocycles. The predicted octanol–water partition coefficient (Wildman–Crippen LogP) is 5.19. The fourth-order valence-electron chi connectivity index (χ4n) is 3.74. The summed E-state index contributed by atoms with van der Waals surface area (Å²) >= 11 is 0. The molecule has 158 valence electrons. The average Bonchev–Trinajstić information content (AvgIpc) is 3.06. The fourth-order valence-corrected chi connectivity index (χ4v) is 3.74. The number of rotatable bonds is 3. The molecule has 0 saturated carbocycles. The number of ether oxygens (including phenoxy) is 1. The normalized spacial score (nSPS) is 17.0. The van der Waals surface area contributed by atoms with Crippen LogP contribution in [-0.4, -0.2) is 32.7 Å². The molecule has 0 aliphatic carbocycles. The van der Waals surface area contributed by atoms with Gasteiger partial charge < -0.3 is 14.2 Å². The molecule has 3 aromatic rings. The Kier molecular flexibility index (Phi) is 4.14. The molecule has 0 saturated heterocycles. The van der Waals surface area contributed by atoms with E-state index in [-0.39, 0.29) is 12.1 Å². The Bertz CT molecular complexity index is 1240. The number of carbonyl (C=O) groups excluding carboxylic acids is 1. The maximum atomic E-state index is 12.8. The molecule has 30 heavy (non-hydrogen) atoms. The van der Waals surface area contributed by atoms with Gasteiger partial charge in [-0.25, -0.2) is 4.79 Å². The maximum Gasteiger partial charge on any atom is 0.410 e. The first-order chi connectivity index (χ1) is 15.7. The molecule has 4 rings (SSSR count). The Hall–Kier alpha value is -2.82. The van der Waals surface area contributed by atoms with Gasteiger partial charge in [-0.3, -0.25) is 4.98 Å². The van der Waals surface area contributed by atoms with Gasteiger partial charge in [0.2, 0.25) is 0 Å². The van der Waals surface area contributed by atoms with Crippen molar-refractivity contribution in [2.75, 3.05) is 6.54 Å². The lowest BCUT2D eigenvalue weighted by molar-refractivity contribution is 0.0223. The molecular formula is C25H31N3O2. The van der Waals surface area contributed by atoms with Crippen LogP contribution in [0.4, 0.5) is 4.79 Å². The van der Waals surface area contributed by atoms with E-state index in [2.05, 4.69) is 4.98 Å². The number of hydrogen-bond acceptors (Lipinski definition) is 3. The van der Waals surface area contributed by atoms with Crippen molar-refractivity contribution in [1.82, 2.24) is 14.5 Å². The number of nitrogens with zero attached hydrogens (tertiary/aromatic N) is 3. The van der Waals surface area contributed by atoms with E-state index in [1.54, 1.807) is 17.0 Å². The second-order valence-corrected chi connectivity index (χ2v) is 8.86. The van der Waals surface area contributed by atoms with Crippen molar-refractivity contribution in [3.05, 3.63) is 64.6 Å². The van der Waals surface area contributed by atoms with Gasteiger partial charge in [-0.15, -0.1) is 0 Å². The van der Waals surface area contributed by atoms with Crippen molar-refractivity contribution in [3.8, 4) is 0 Å². The Balaban J connectivity index is 1.84. The van der Waals surface area contributed by atoms with Gasteiger partial charge in [-0.1, -0.05) is 17.7 Å². The summed E-state index contributed by atoms with van der Waals surface area (Å²) in [7, 11) is 0. The first-order valence-electron chi connectivity index (χ1n) is 12.3. The summed E-state index contributed by atoms with van der Waals surface area (Å²) in [6.07, 6.45) is -0.958. The molecule has 1 amide bonds. The van der Waals surface area contributed by atoms with E-state index < -0.39 is 24.6 Å². The Morgan fingerprint density at radius 2 is 2.03 bits per heavy atom. The van der Waals surface area contributed by atoms with E-state index in [4.69, 9.17) is 10.2 Å². The van der Waals surface area contributed by atoms with Crippen LogP contribution in [0.15, 0.2) is 36.5 Å². The fraction of sp³-hybridized carbons (Fsp3) is 0.440. The van der Waals surface area contributed by atoms with E-state index in [0.717, 1.165) is 22.2 Å². The quantitative estimate of drug-likeness (QED) is 0.598. The molecule has 1 aliphatic heterocycles. The van der Waals surface area contributed by atoms with E-state index in [1.165, 1.54) is 10.8 Å². The van der Waals surface area contributed by atoms with Crippen molar-refractivity contribution in [3.63, 3.8) is 0 Å². The minimum Gasteiger partial charge on any atom is -0.444 e. The third kappa shape index (κ3) is 4.20. The van der Waals surface area contributed by atoms with Crippen LogP contribution >= 0.6 is 0 Å². The molecule has 0 fully saturated rings. The minimum atomic E-state index is -2.40.